The van der Waals surface area contributed by atoms with Crippen LogP contribution < -0.4 is 5.32 Å². The summed E-state index contributed by atoms with van der Waals surface area (Å²) in [5.74, 6) is 0. The lowest BCUT2D eigenvalue weighted by Crippen LogP contribution is -2.62. The number of ether oxygens (including phenoxy) is 1. The van der Waals surface area contributed by atoms with Gasteiger partial charge in [-0.3, -0.25) is 5.32 Å². The van der Waals surface area contributed by atoms with Crippen LogP contribution >= 0.6 is 0 Å². The summed E-state index contributed by atoms with van der Waals surface area (Å²) >= 11 is 0. The Morgan fingerprint density at radius 3 is 1.83 bits per heavy atom. The van der Waals surface area contributed by atoms with Gasteiger partial charge >= 0.3 is 0 Å². The molecule has 6 nitrogen and oxygen atoms in total. The summed E-state index contributed by atoms with van der Waals surface area (Å²) in [5.41, 5.74) is 0. The zero-order valence-electron chi connectivity index (χ0n) is 15.1. The van der Waals surface area contributed by atoms with Crippen LogP contribution in [-0.2, 0) is 4.74 Å². The summed E-state index contributed by atoms with van der Waals surface area (Å²) in [6.07, 6.45) is 7.21. The van der Waals surface area contributed by atoms with Gasteiger partial charge in [-0.25, -0.2) is 0 Å². The minimum absolute atomic E-state index is 0.388. The van der Waals surface area contributed by atoms with Crippen molar-refractivity contribution in [2.45, 2.75) is 102 Å². The average Bonchev–Trinajstić information content (AvgIpc) is 2.59. The van der Waals surface area contributed by atoms with Crippen molar-refractivity contribution in [3.05, 3.63) is 0 Å². The maximum absolute atomic E-state index is 9.90. The van der Waals surface area contributed by atoms with Crippen molar-refractivity contribution in [3.8, 4) is 0 Å². The lowest BCUT2D eigenvalue weighted by atomic mass is 9.98. The molecule has 6 heteroatoms. The SMILES string of the molecule is CCCCCCCCCCCCN[C@H]1O[C@H](CO)[C@@H](O)[C@H](O)[C@H]1O. The minimum atomic E-state index is -1.30. The molecule has 1 saturated heterocycles. The Balaban J connectivity index is 2.02. The first-order valence-corrected chi connectivity index (χ1v) is 9.65. The van der Waals surface area contributed by atoms with E-state index in [0.29, 0.717) is 6.54 Å². The molecule has 1 aliphatic heterocycles. The molecule has 0 radical (unpaired) electrons. The standard InChI is InChI=1S/C18H37NO5/c1-2-3-4-5-6-7-8-9-10-11-12-19-18-17(23)16(22)15(21)14(13-20)24-18/h14-23H,2-13H2,1H3/t14-,15-,16+,17-,18+/m1/s1. The molecule has 24 heavy (non-hydrogen) atoms. The molecule has 1 heterocycles. The van der Waals surface area contributed by atoms with Crippen LogP contribution in [0.3, 0.4) is 0 Å². The predicted molar refractivity (Wildman–Crippen MR) is 93.6 cm³/mol. The highest BCUT2D eigenvalue weighted by molar-refractivity contribution is 4.90. The van der Waals surface area contributed by atoms with Gasteiger partial charge in [0.25, 0.3) is 0 Å². The predicted octanol–water partition coefficient (Wildman–Crippen LogP) is 1.30. The van der Waals surface area contributed by atoms with E-state index in [1.165, 1.54) is 51.4 Å². The molecule has 0 aromatic carbocycles. The highest BCUT2D eigenvalue weighted by Crippen LogP contribution is 2.19. The van der Waals surface area contributed by atoms with Gasteiger partial charge in [-0.05, 0) is 13.0 Å². The second kappa shape index (κ2) is 13.0. The third-order valence-corrected chi connectivity index (χ3v) is 4.77. The number of hydrogen-bond donors (Lipinski definition) is 5. The fourth-order valence-electron chi connectivity index (χ4n) is 3.13. The number of rotatable bonds is 13. The Bertz CT molecular complexity index is 303. The Kier molecular flexibility index (Phi) is 11.8. The summed E-state index contributed by atoms with van der Waals surface area (Å²) < 4.78 is 5.40. The largest absolute Gasteiger partial charge is 0.394 e. The highest BCUT2D eigenvalue weighted by Gasteiger charge is 2.42. The fraction of sp³-hybridized carbons (Fsp3) is 1.00. The topological polar surface area (TPSA) is 102 Å². The van der Waals surface area contributed by atoms with E-state index in [1.807, 2.05) is 0 Å². The quantitative estimate of drug-likeness (QED) is 0.322. The minimum Gasteiger partial charge on any atom is -0.394 e. The first-order valence-electron chi connectivity index (χ1n) is 9.65. The average molecular weight is 347 g/mol. The van der Waals surface area contributed by atoms with Crippen LogP contribution in [0.4, 0.5) is 0 Å². The van der Waals surface area contributed by atoms with Gasteiger partial charge in [0.15, 0.2) is 0 Å². The first kappa shape index (κ1) is 21.8. The van der Waals surface area contributed by atoms with E-state index in [0.717, 1.165) is 12.8 Å². The maximum atomic E-state index is 9.90. The maximum Gasteiger partial charge on any atom is 0.137 e. The van der Waals surface area contributed by atoms with Gasteiger partial charge < -0.3 is 25.2 Å². The van der Waals surface area contributed by atoms with Gasteiger partial charge in [0.05, 0.1) is 6.61 Å². The number of hydrogen-bond acceptors (Lipinski definition) is 6. The molecule has 0 saturated carbocycles. The summed E-state index contributed by atoms with van der Waals surface area (Å²) in [4.78, 5) is 0. The van der Waals surface area contributed by atoms with Crippen molar-refractivity contribution in [1.29, 1.82) is 0 Å². The number of nitrogens with one attached hydrogen (secondary N) is 1. The monoisotopic (exact) mass is 347 g/mol. The first-order chi connectivity index (χ1) is 11.6. The van der Waals surface area contributed by atoms with E-state index < -0.39 is 30.6 Å². The van der Waals surface area contributed by atoms with Crippen LogP contribution in [0.1, 0.15) is 71.1 Å². The third-order valence-electron chi connectivity index (χ3n) is 4.77. The zero-order chi connectivity index (χ0) is 17.8. The van der Waals surface area contributed by atoms with Gasteiger partial charge in [-0.2, -0.15) is 0 Å². The lowest BCUT2D eigenvalue weighted by molar-refractivity contribution is -0.236. The van der Waals surface area contributed by atoms with Crippen molar-refractivity contribution in [2.24, 2.45) is 0 Å². The molecule has 0 aromatic rings. The smallest absolute Gasteiger partial charge is 0.137 e. The number of aliphatic hydroxyl groups excluding tert-OH is 4. The number of unbranched alkanes of at least 4 members (excludes halogenated alkanes) is 9. The molecule has 5 N–H and O–H groups in total. The second-order valence-corrected chi connectivity index (χ2v) is 6.89. The van der Waals surface area contributed by atoms with Crippen molar-refractivity contribution in [2.75, 3.05) is 13.2 Å². The van der Waals surface area contributed by atoms with Crippen LogP contribution in [-0.4, -0.2) is 64.2 Å². The fourth-order valence-corrected chi connectivity index (χ4v) is 3.13. The normalized spacial score (nSPS) is 30.6. The molecule has 0 amide bonds. The Morgan fingerprint density at radius 2 is 1.29 bits per heavy atom. The Hall–Kier alpha value is -0.240. The second-order valence-electron chi connectivity index (χ2n) is 6.89. The van der Waals surface area contributed by atoms with Gasteiger partial charge in [0.1, 0.15) is 30.6 Å². The molecular formula is C18H37NO5. The zero-order valence-corrected chi connectivity index (χ0v) is 15.1. The summed E-state index contributed by atoms with van der Waals surface area (Å²) in [5, 5.41) is 41.5. The Labute approximate surface area is 146 Å². The van der Waals surface area contributed by atoms with Crippen molar-refractivity contribution >= 4 is 0 Å². The van der Waals surface area contributed by atoms with Crippen LogP contribution in [0.5, 0.6) is 0 Å². The summed E-state index contributed by atoms with van der Waals surface area (Å²) in [6, 6.07) is 0. The van der Waals surface area contributed by atoms with Crippen molar-refractivity contribution in [3.63, 3.8) is 0 Å². The van der Waals surface area contributed by atoms with E-state index in [1.54, 1.807) is 0 Å². The molecular weight excluding hydrogens is 310 g/mol. The summed E-state index contributed by atoms with van der Waals surface area (Å²) in [6.45, 7) is 2.53. The van der Waals surface area contributed by atoms with Gasteiger partial charge in [-0.15, -0.1) is 0 Å². The number of aliphatic hydroxyl groups is 4. The molecule has 0 aromatic heterocycles. The van der Waals surface area contributed by atoms with E-state index in [4.69, 9.17) is 9.84 Å². The van der Waals surface area contributed by atoms with E-state index in [2.05, 4.69) is 12.2 Å². The highest BCUT2D eigenvalue weighted by atomic mass is 16.6. The summed E-state index contributed by atoms with van der Waals surface area (Å²) in [7, 11) is 0. The van der Waals surface area contributed by atoms with Crippen LogP contribution in [0.15, 0.2) is 0 Å². The molecule has 0 spiro atoms. The molecule has 5 atom stereocenters. The van der Waals surface area contributed by atoms with Gasteiger partial charge in [0.2, 0.25) is 0 Å². The van der Waals surface area contributed by atoms with Crippen LogP contribution in [0, 0.1) is 0 Å². The van der Waals surface area contributed by atoms with Crippen LogP contribution in [0.25, 0.3) is 0 Å². The Morgan fingerprint density at radius 1 is 0.750 bits per heavy atom. The van der Waals surface area contributed by atoms with Gasteiger partial charge in [0, 0.05) is 0 Å². The molecule has 144 valence electrons. The third kappa shape index (κ3) is 7.76. The van der Waals surface area contributed by atoms with Crippen molar-refractivity contribution in [1.82, 2.24) is 5.32 Å². The van der Waals surface area contributed by atoms with Gasteiger partial charge in [-0.1, -0.05) is 64.7 Å². The molecule has 0 bridgehead atoms. The van der Waals surface area contributed by atoms with Crippen molar-refractivity contribution < 1.29 is 25.2 Å². The molecule has 1 rings (SSSR count). The molecule has 1 fully saturated rings. The molecule has 1 aliphatic rings. The van der Waals surface area contributed by atoms with E-state index >= 15 is 0 Å². The van der Waals surface area contributed by atoms with E-state index in [-0.39, 0.29) is 6.61 Å². The van der Waals surface area contributed by atoms with Crippen LogP contribution in [0.2, 0.25) is 0 Å². The van der Waals surface area contributed by atoms with E-state index in [9.17, 15) is 15.3 Å². The lowest BCUT2D eigenvalue weighted by Gasteiger charge is -2.40. The molecule has 0 aliphatic carbocycles. The molecule has 0 unspecified atom stereocenters.